The van der Waals surface area contributed by atoms with E-state index >= 15 is 0 Å². The Morgan fingerprint density at radius 3 is 2.68 bits per heavy atom. The first-order chi connectivity index (χ1) is 13.4. The lowest BCUT2D eigenvalue weighted by atomic mass is 9.88. The normalized spacial score (nSPS) is 15.2. The van der Waals surface area contributed by atoms with Crippen molar-refractivity contribution in [1.29, 1.82) is 0 Å². The summed E-state index contributed by atoms with van der Waals surface area (Å²) in [5, 5.41) is 21.7. The fraction of sp³-hybridized carbons (Fsp3) is 0.545. The first-order valence-corrected chi connectivity index (χ1v) is 10.2. The number of aliphatic imine (C=N–C) groups is 1. The number of benzene rings is 1. The summed E-state index contributed by atoms with van der Waals surface area (Å²) in [7, 11) is 3.76. The van der Waals surface area contributed by atoms with Crippen LogP contribution in [0.4, 0.5) is 0 Å². The first-order valence-electron chi connectivity index (χ1n) is 10.2. The van der Waals surface area contributed by atoms with Gasteiger partial charge in [-0.1, -0.05) is 6.07 Å². The Kier molecular flexibility index (Phi) is 6.27. The van der Waals surface area contributed by atoms with E-state index < -0.39 is 0 Å². The van der Waals surface area contributed by atoms with Gasteiger partial charge in [0.1, 0.15) is 5.75 Å². The van der Waals surface area contributed by atoms with Crippen molar-refractivity contribution in [1.82, 2.24) is 20.4 Å². The van der Waals surface area contributed by atoms with Crippen LogP contribution in [-0.4, -0.2) is 33.9 Å². The lowest BCUT2D eigenvalue weighted by Gasteiger charge is -2.22. The summed E-state index contributed by atoms with van der Waals surface area (Å²) in [6.07, 6.45) is 5.47. The largest absolute Gasteiger partial charge is 0.508 e. The molecule has 0 bridgehead atoms. The SMILES string of the molecule is CN=C(NCc1c(O)ccc2c1CCCC2)NC(C)Cc1c(C)nn(C)c1C. The van der Waals surface area contributed by atoms with Crippen LogP contribution >= 0.6 is 0 Å². The summed E-state index contributed by atoms with van der Waals surface area (Å²) in [5.74, 6) is 1.12. The van der Waals surface area contributed by atoms with Gasteiger partial charge in [-0.05, 0) is 75.6 Å². The Labute approximate surface area is 168 Å². The molecule has 6 heteroatoms. The minimum Gasteiger partial charge on any atom is -0.508 e. The van der Waals surface area contributed by atoms with Gasteiger partial charge in [0.15, 0.2) is 5.96 Å². The van der Waals surface area contributed by atoms with E-state index in [1.54, 1.807) is 7.05 Å². The molecule has 1 aliphatic rings. The highest BCUT2D eigenvalue weighted by Gasteiger charge is 2.17. The van der Waals surface area contributed by atoms with Crippen molar-refractivity contribution in [2.45, 2.75) is 65.5 Å². The third-order valence-corrected chi connectivity index (χ3v) is 5.83. The van der Waals surface area contributed by atoms with E-state index in [1.165, 1.54) is 35.2 Å². The smallest absolute Gasteiger partial charge is 0.191 e. The van der Waals surface area contributed by atoms with Crippen molar-refractivity contribution in [2.75, 3.05) is 7.05 Å². The average Bonchev–Trinajstić information content (AvgIpc) is 2.92. The summed E-state index contributed by atoms with van der Waals surface area (Å²) >= 11 is 0. The summed E-state index contributed by atoms with van der Waals surface area (Å²) in [6, 6.07) is 4.11. The van der Waals surface area contributed by atoms with Crippen LogP contribution < -0.4 is 10.6 Å². The second kappa shape index (κ2) is 8.67. The molecule has 1 aromatic heterocycles. The van der Waals surface area contributed by atoms with Gasteiger partial charge in [-0.25, -0.2) is 0 Å². The Hall–Kier alpha value is -2.50. The summed E-state index contributed by atoms with van der Waals surface area (Å²) in [4.78, 5) is 4.37. The molecule has 0 saturated carbocycles. The van der Waals surface area contributed by atoms with E-state index in [2.05, 4.69) is 47.6 Å². The standard InChI is InChI=1S/C22H33N5O/c1-14(12-19-15(2)26-27(5)16(19)3)25-22(23-4)24-13-20-18-9-7-6-8-17(18)10-11-21(20)28/h10-11,14,28H,6-9,12-13H2,1-5H3,(H2,23,24,25). The molecule has 2 aromatic rings. The maximum absolute atomic E-state index is 10.4. The van der Waals surface area contributed by atoms with Crippen molar-refractivity contribution >= 4 is 5.96 Å². The van der Waals surface area contributed by atoms with Gasteiger partial charge < -0.3 is 15.7 Å². The highest BCUT2D eigenvalue weighted by Crippen LogP contribution is 2.30. The van der Waals surface area contributed by atoms with Crippen LogP contribution in [0.15, 0.2) is 17.1 Å². The molecule has 0 amide bonds. The zero-order valence-corrected chi connectivity index (χ0v) is 17.8. The molecule has 0 saturated heterocycles. The van der Waals surface area contributed by atoms with Gasteiger partial charge in [0.25, 0.3) is 0 Å². The Balaban J connectivity index is 1.64. The van der Waals surface area contributed by atoms with E-state index in [-0.39, 0.29) is 6.04 Å². The number of nitrogens with one attached hydrogen (secondary N) is 2. The van der Waals surface area contributed by atoms with Gasteiger partial charge in [0, 0.05) is 37.9 Å². The van der Waals surface area contributed by atoms with Crippen LogP contribution in [0.3, 0.4) is 0 Å². The lowest BCUT2D eigenvalue weighted by Crippen LogP contribution is -2.43. The number of nitrogens with zero attached hydrogens (tertiary/aromatic N) is 3. The van der Waals surface area contributed by atoms with E-state index in [4.69, 9.17) is 0 Å². The molecule has 152 valence electrons. The van der Waals surface area contributed by atoms with E-state index in [9.17, 15) is 5.11 Å². The Morgan fingerprint density at radius 2 is 2.00 bits per heavy atom. The Bertz CT molecular complexity index is 868. The molecule has 0 aliphatic heterocycles. The number of aromatic hydroxyl groups is 1. The second-order valence-electron chi connectivity index (χ2n) is 7.86. The zero-order chi connectivity index (χ0) is 20.3. The molecule has 1 unspecified atom stereocenters. The molecule has 1 heterocycles. The predicted octanol–water partition coefficient (Wildman–Crippen LogP) is 2.92. The summed E-state index contributed by atoms with van der Waals surface area (Å²) in [6.45, 7) is 6.90. The topological polar surface area (TPSA) is 74.5 Å². The van der Waals surface area contributed by atoms with Crippen LogP contribution in [0.2, 0.25) is 0 Å². The van der Waals surface area contributed by atoms with Gasteiger partial charge in [-0.2, -0.15) is 5.10 Å². The van der Waals surface area contributed by atoms with Crippen molar-refractivity contribution < 1.29 is 5.11 Å². The number of aryl methyl sites for hydroxylation is 3. The molecule has 6 nitrogen and oxygen atoms in total. The molecule has 28 heavy (non-hydrogen) atoms. The van der Waals surface area contributed by atoms with Gasteiger partial charge in [-0.15, -0.1) is 0 Å². The molecule has 3 N–H and O–H groups in total. The molecule has 1 aromatic carbocycles. The zero-order valence-electron chi connectivity index (χ0n) is 17.8. The first kappa shape index (κ1) is 20.2. The number of phenolic OH excluding ortho intramolecular Hbond substituents is 1. The van der Waals surface area contributed by atoms with Crippen LogP contribution in [-0.2, 0) is 32.9 Å². The molecule has 0 fully saturated rings. The van der Waals surface area contributed by atoms with Crippen LogP contribution in [0, 0.1) is 13.8 Å². The molecular formula is C22H33N5O. The highest BCUT2D eigenvalue weighted by molar-refractivity contribution is 5.80. The third-order valence-electron chi connectivity index (χ3n) is 5.83. The van der Waals surface area contributed by atoms with Gasteiger partial charge in [-0.3, -0.25) is 9.67 Å². The number of aromatic nitrogens is 2. The van der Waals surface area contributed by atoms with Gasteiger partial charge in [0.05, 0.1) is 5.69 Å². The quantitative estimate of drug-likeness (QED) is 0.548. The maximum Gasteiger partial charge on any atom is 0.191 e. The van der Waals surface area contributed by atoms with Crippen molar-refractivity contribution in [3.63, 3.8) is 0 Å². The minimum atomic E-state index is 0.214. The fourth-order valence-corrected chi connectivity index (χ4v) is 4.16. The monoisotopic (exact) mass is 383 g/mol. The van der Waals surface area contributed by atoms with E-state index in [0.29, 0.717) is 12.3 Å². The lowest BCUT2D eigenvalue weighted by molar-refractivity contribution is 0.464. The summed E-state index contributed by atoms with van der Waals surface area (Å²) < 4.78 is 1.94. The molecule has 3 rings (SSSR count). The van der Waals surface area contributed by atoms with Gasteiger partial charge in [0.2, 0.25) is 0 Å². The average molecular weight is 384 g/mol. The number of fused-ring (bicyclic) bond motifs is 1. The number of guanidine groups is 1. The molecule has 0 spiro atoms. The molecular weight excluding hydrogens is 350 g/mol. The van der Waals surface area contributed by atoms with Crippen LogP contribution in [0.1, 0.15) is 53.4 Å². The molecule has 1 atom stereocenters. The number of rotatable bonds is 5. The second-order valence-corrected chi connectivity index (χ2v) is 7.86. The minimum absolute atomic E-state index is 0.214. The highest BCUT2D eigenvalue weighted by atomic mass is 16.3. The fourth-order valence-electron chi connectivity index (χ4n) is 4.16. The maximum atomic E-state index is 10.4. The van der Waals surface area contributed by atoms with Crippen molar-refractivity contribution in [3.8, 4) is 5.75 Å². The van der Waals surface area contributed by atoms with Crippen LogP contribution in [0.5, 0.6) is 5.75 Å². The van der Waals surface area contributed by atoms with Crippen molar-refractivity contribution in [3.05, 3.63) is 45.8 Å². The molecule has 0 radical (unpaired) electrons. The molecule has 1 aliphatic carbocycles. The Morgan fingerprint density at radius 1 is 1.25 bits per heavy atom. The number of phenols is 1. The number of hydrogen-bond donors (Lipinski definition) is 3. The van der Waals surface area contributed by atoms with E-state index in [0.717, 1.165) is 36.5 Å². The third kappa shape index (κ3) is 4.32. The van der Waals surface area contributed by atoms with Crippen molar-refractivity contribution in [2.24, 2.45) is 12.0 Å². The van der Waals surface area contributed by atoms with E-state index in [1.807, 2.05) is 17.8 Å². The van der Waals surface area contributed by atoms with Crippen LogP contribution in [0.25, 0.3) is 0 Å². The summed E-state index contributed by atoms with van der Waals surface area (Å²) in [5.41, 5.74) is 7.26. The predicted molar refractivity (Wildman–Crippen MR) is 114 cm³/mol. The number of hydrogen-bond acceptors (Lipinski definition) is 3. The van der Waals surface area contributed by atoms with Gasteiger partial charge >= 0.3 is 0 Å².